The van der Waals surface area contributed by atoms with Crippen LogP contribution in [0.25, 0.3) is 0 Å². The molecule has 1 rings (SSSR count). The highest BCUT2D eigenvalue weighted by atomic mass is 16.6. The maximum absolute atomic E-state index is 10.7. The minimum absolute atomic E-state index is 0.449. The third-order valence-electron chi connectivity index (χ3n) is 1.37. The van der Waals surface area contributed by atoms with E-state index >= 15 is 0 Å². The Labute approximate surface area is 70.3 Å². The van der Waals surface area contributed by atoms with Crippen molar-refractivity contribution in [3.8, 4) is 0 Å². The smallest absolute Gasteiger partial charge is 0.248 e. The van der Waals surface area contributed by atoms with E-state index in [-0.39, 0.29) is 0 Å². The molecule has 64 valence electrons. The molecule has 0 fully saturated rings. The van der Waals surface area contributed by atoms with Crippen molar-refractivity contribution >= 4 is 11.6 Å². The van der Waals surface area contributed by atoms with Gasteiger partial charge in [-0.15, -0.1) is 0 Å². The summed E-state index contributed by atoms with van der Waals surface area (Å²) in [7, 11) is 1.50. The second-order valence-corrected chi connectivity index (χ2v) is 2.25. The number of nitrogens with one attached hydrogen (secondary N) is 1. The maximum atomic E-state index is 10.7. The van der Waals surface area contributed by atoms with Crippen LogP contribution in [0.1, 0.15) is 10.4 Å². The molecule has 0 atom stereocenters. The van der Waals surface area contributed by atoms with E-state index in [1.54, 1.807) is 24.3 Å². The van der Waals surface area contributed by atoms with Crippen molar-refractivity contribution in [3.05, 3.63) is 29.8 Å². The summed E-state index contributed by atoms with van der Waals surface area (Å²) >= 11 is 0. The Balaban J connectivity index is 2.88. The summed E-state index contributed by atoms with van der Waals surface area (Å²) in [6, 6.07) is 6.76. The normalized spacial score (nSPS) is 9.42. The number of primary amides is 1. The van der Waals surface area contributed by atoms with Gasteiger partial charge in [-0.25, -0.2) is 0 Å². The number of carbonyl (C=O) groups is 1. The summed E-state index contributed by atoms with van der Waals surface area (Å²) in [5, 5.41) is 0. The number of hydrogen-bond acceptors (Lipinski definition) is 3. The first-order chi connectivity index (χ1) is 5.74. The molecule has 0 saturated heterocycles. The Kier molecular flexibility index (Phi) is 2.66. The molecule has 0 bridgehead atoms. The zero-order valence-electron chi connectivity index (χ0n) is 6.70. The fourth-order valence-corrected chi connectivity index (χ4v) is 0.854. The molecule has 0 aromatic heterocycles. The first-order valence-corrected chi connectivity index (χ1v) is 3.43. The Hall–Kier alpha value is -1.55. The molecule has 1 aromatic rings. The molecule has 0 aliphatic heterocycles. The third-order valence-corrected chi connectivity index (χ3v) is 1.37. The average Bonchev–Trinajstić information content (AvgIpc) is 2.05. The van der Waals surface area contributed by atoms with Gasteiger partial charge >= 0.3 is 0 Å². The van der Waals surface area contributed by atoms with E-state index < -0.39 is 5.91 Å². The van der Waals surface area contributed by atoms with Gasteiger partial charge in [0.2, 0.25) is 5.91 Å². The van der Waals surface area contributed by atoms with Gasteiger partial charge in [0.25, 0.3) is 0 Å². The van der Waals surface area contributed by atoms with Gasteiger partial charge in [0, 0.05) is 5.56 Å². The second kappa shape index (κ2) is 3.73. The zero-order chi connectivity index (χ0) is 8.97. The van der Waals surface area contributed by atoms with Crippen LogP contribution in [-0.2, 0) is 4.84 Å². The van der Waals surface area contributed by atoms with Crippen LogP contribution >= 0.6 is 0 Å². The molecule has 12 heavy (non-hydrogen) atoms. The van der Waals surface area contributed by atoms with E-state index in [4.69, 9.17) is 5.73 Å². The molecule has 0 spiro atoms. The van der Waals surface area contributed by atoms with E-state index in [1.807, 2.05) is 0 Å². The van der Waals surface area contributed by atoms with Crippen molar-refractivity contribution < 1.29 is 9.63 Å². The van der Waals surface area contributed by atoms with Crippen LogP contribution < -0.4 is 11.2 Å². The van der Waals surface area contributed by atoms with E-state index in [1.165, 1.54) is 7.11 Å². The van der Waals surface area contributed by atoms with Gasteiger partial charge in [-0.2, -0.15) is 0 Å². The third kappa shape index (κ3) is 1.96. The average molecular weight is 166 g/mol. The van der Waals surface area contributed by atoms with Gasteiger partial charge in [-0.1, -0.05) is 6.07 Å². The summed E-state index contributed by atoms with van der Waals surface area (Å²) in [5.74, 6) is -0.449. The van der Waals surface area contributed by atoms with Crippen LogP contribution in [0.15, 0.2) is 24.3 Å². The summed E-state index contributed by atoms with van der Waals surface area (Å²) in [5.41, 5.74) is 8.82. The summed E-state index contributed by atoms with van der Waals surface area (Å²) in [6.07, 6.45) is 0. The van der Waals surface area contributed by atoms with Gasteiger partial charge in [-0.05, 0) is 18.2 Å². The van der Waals surface area contributed by atoms with E-state index in [9.17, 15) is 4.79 Å². The zero-order valence-corrected chi connectivity index (χ0v) is 6.70. The molecule has 0 unspecified atom stereocenters. The summed E-state index contributed by atoms with van der Waals surface area (Å²) < 4.78 is 0. The maximum Gasteiger partial charge on any atom is 0.248 e. The number of carbonyl (C=O) groups excluding carboxylic acids is 1. The number of anilines is 1. The lowest BCUT2D eigenvalue weighted by Crippen LogP contribution is -2.11. The van der Waals surface area contributed by atoms with Gasteiger partial charge in [-0.3, -0.25) is 15.1 Å². The minimum Gasteiger partial charge on any atom is -0.366 e. The number of rotatable bonds is 3. The van der Waals surface area contributed by atoms with Gasteiger partial charge < -0.3 is 5.73 Å². The van der Waals surface area contributed by atoms with Crippen LogP contribution in [-0.4, -0.2) is 13.0 Å². The molecule has 3 N–H and O–H groups in total. The van der Waals surface area contributed by atoms with Crippen LogP contribution in [0.4, 0.5) is 5.69 Å². The SMILES string of the molecule is CONc1cccc(C(N)=O)c1. The Morgan fingerprint density at radius 2 is 2.33 bits per heavy atom. The standard InChI is InChI=1S/C8H10N2O2/c1-12-10-7-4-2-3-6(5-7)8(9)11/h2-5,10H,1H3,(H2,9,11). The highest BCUT2D eigenvalue weighted by Crippen LogP contribution is 2.09. The molecule has 0 aliphatic rings. The topological polar surface area (TPSA) is 64.3 Å². The van der Waals surface area contributed by atoms with E-state index in [2.05, 4.69) is 10.3 Å². The van der Waals surface area contributed by atoms with Crippen molar-refractivity contribution in [2.75, 3.05) is 12.6 Å². The molecule has 0 aliphatic carbocycles. The van der Waals surface area contributed by atoms with Gasteiger partial charge in [0.15, 0.2) is 0 Å². The van der Waals surface area contributed by atoms with Gasteiger partial charge in [0.05, 0.1) is 12.8 Å². The molecule has 0 saturated carbocycles. The van der Waals surface area contributed by atoms with E-state index in [0.29, 0.717) is 11.3 Å². The Morgan fingerprint density at radius 3 is 2.92 bits per heavy atom. The first kappa shape index (κ1) is 8.55. The predicted molar refractivity (Wildman–Crippen MR) is 45.6 cm³/mol. The first-order valence-electron chi connectivity index (χ1n) is 3.43. The van der Waals surface area contributed by atoms with Crippen LogP contribution in [0.2, 0.25) is 0 Å². The molecule has 1 amide bonds. The van der Waals surface area contributed by atoms with Crippen LogP contribution in [0.5, 0.6) is 0 Å². The van der Waals surface area contributed by atoms with Crippen LogP contribution in [0, 0.1) is 0 Å². The Bertz CT molecular complexity index is 286. The molecule has 0 radical (unpaired) electrons. The van der Waals surface area contributed by atoms with Gasteiger partial charge in [0.1, 0.15) is 0 Å². The predicted octanol–water partition coefficient (Wildman–Crippen LogP) is 0.759. The van der Waals surface area contributed by atoms with Crippen molar-refractivity contribution in [2.24, 2.45) is 5.73 Å². The number of benzene rings is 1. The quantitative estimate of drug-likeness (QED) is 0.651. The second-order valence-electron chi connectivity index (χ2n) is 2.25. The summed E-state index contributed by atoms with van der Waals surface area (Å²) in [4.78, 5) is 15.4. The number of hydrogen-bond donors (Lipinski definition) is 2. The lowest BCUT2D eigenvalue weighted by molar-refractivity contribution is 0.100. The molecule has 4 nitrogen and oxygen atoms in total. The Morgan fingerprint density at radius 1 is 1.58 bits per heavy atom. The fraction of sp³-hybridized carbons (Fsp3) is 0.125. The molecular weight excluding hydrogens is 156 g/mol. The van der Waals surface area contributed by atoms with Crippen molar-refractivity contribution in [1.29, 1.82) is 0 Å². The molecule has 4 heteroatoms. The monoisotopic (exact) mass is 166 g/mol. The van der Waals surface area contributed by atoms with Crippen molar-refractivity contribution in [3.63, 3.8) is 0 Å². The minimum atomic E-state index is -0.449. The van der Waals surface area contributed by atoms with Crippen molar-refractivity contribution in [1.82, 2.24) is 0 Å². The molecular formula is C8H10N2O2. The van der Waals surface area contributed by atoms with Crippen LogP contribution in [0.3, 0.4) is 0 Å². The largest absolute Gasteiger partial charge is 0.366 e. The van der Waals surface area contributed by atoms with Crippen molar-refractivity contribution in [2.45, 2.75) is 0 Å². The molecule has 1 aromatic carbocycles. The van der Waals surface area contributed by atoms with E-state index in [0.717, 1.165) is 0 Å². The lowest BCUT2D eigenvalue weighted by atomic mass is 10.2. The highest BCUT2D eigenvalue weighted by Gasteiger charge is 1.99. The highest BCUT2D eigenvalue weighted by molar-refractivity contribution is 5.93. The number of nitrogens with two attached hydrogens (primary N) is 1. The molecule has 0 heterocycles. The summed E-state index contributed by atoms with van der Waals surface area (Å²) in [6.45, 7) is 0. The number of amides is 1. The lowest BCUT2D eigenvalue weighted by Gasteiger charge is -2.02. The fourth-order valence-electron chi connectivity index (χ4n) is 0.854.